The Balaban J connectivity index is 1.61. The second kappa shape index (κ2) is 7.47. The molecular formula is C15H25N3O2. The molecule has 2 rings (SSSR count). The van der Waals surface area contributed by atoms with E-state index in [4.69, 9.17) is 0 Å². The van der Waals surface area contributed by atoms with Crippen molar-refractivity contribution in [2.45, 2.75) is 13.0 Å². The Morgan fingerprint density at radius 1 is 1.15 bits per heavy atom. The van der Waals surface area contributed by atoms with E-state index in [-0.39, 0.29) is 11.5 Å². The van der Waals surface area contributed by atoms with Gasteiger partial charge in [0, 0.05) is 38.3 Å². The van der Waals surface area contributed by atoms with E-state index >= 15 is 0 Å². The Morgan fingerprint density at radius 2 is 1.90 bits per heavy atom. The molecule has 0 atom stereocenters. The van der Waals surface area contributed by atoms with Crippen LogP contribution in [-0.4, -0.2) is 66.3 Å². The Hall–Kier alpha value is -1.30. The van der Waals surface area contributed by atoms with Crippen LogP contribution in [0, 0.1) is 0 Å². The number of para-hydroxylation sites is 1. The summed E-state index contributed by atoms with van der Waals surface area (Å²) in [4.78, 5) is 4.85. The van der Waals surface area contributed by atoms with E-state index < -0.39 is 0 Å². The van der Waals surface area contributed by atoms with Crippen molar-refractivity contribution in [3.63, 3.8) is 0 Å². The van der Waals surface area contributed by atoms with Crippen molar-refractivity contribution in [2.75, 3.05) is 46.3 Å². The minimum absolute atomic E-state index is 0.0148. The largest absolute Gasteiger partial charge is 0.504 e. The highest BCUT2D eigenvalue weighted by Crippen LogP contribution is 2.27. The second-order valence-corrected chi connectivity index (χ2v) is 5.46. The van der Waals surface area contributed by atoms with Crippen molar-refractivity contribution in [3.05, 3.63) is 23.8 Å². The minimum atomic E-state index is -0.0539. The lowest BCUT2D eigenvalue weighted by atomic mass is 10.2. The summed E-state index contributed by atoms with van der Waals surface area (Å²) in [6.07, 6.45) is 1.10. The first-order chi connectivity index (χ1) is 9.66. The summed E-state index contributed by atoms with van der Waals surface area (Å²) in [5, 5.41) is 22.4. The van der Waals surface area contributed by atoms with E-state index in [1.165, 1.54) is 6.07 Å². The van der Waals surface area contributed by atoms with Gasteiger partial charge in [-0.25, -0.2) is 0 Å². The molecule has 0 amide bonds. The molecule has 1 aliphatic heterocycles. The first-order valence-corrected chi connectivity index (χ1v) is 7.28. The number of hydrogen-bond acceptors (Lipinski definition) is 5. The zero-order valence-corrected chi connectivity index (χ0v) is 12.2. The molecule has 0 radical (unpaired) electrons. The van der Waals surface area contributed by atoms with Crippen molar-refractivity contribution in [1.29, 1.82) is 0 Å². The maximum absolute atomic E-state index is 9.68. The number of aromatic hydroxyl groups is 2. The first kappa shape index (κ1) is 15.1. The maximum atomic E-state index is 9.68. The first-order valence-electron chi connectivity index (χ1n) is 7.28. The molecule has 1 aromatic carbocycles. The van der Waals surface area contributed by atoms with Crippen LogP contribution in [0.4, 0.5) is 0 Å². The van der Waals surface area contributed by atoms with Gasteiger partial charge in [-0.15, -0.1) is 0 Å². The number of likely N-dealkylation sites (N-methyl/N-ethyl adjacent to an activating group) is 1. The van der Waals surface area contributed by atoms with Crippen molar-refractivity contribution in [2.24, 2.45) is 0 Å². The van der Waals surface area contributed by atoms with Gasteiger partial charge in [0.05, 0.1) is 0 Å². The number of phenols is 2. The van der Waals surface area contributed by atoms with Crippen LogP contribution in [0.1, 0.15) is 12.0 Å². The smallest absolute Gasteiger partial charge is 0.161 e. The molecule has 0 unspecified atom stereocenters. The molecule has 112 valence electrons. The van der Waals surface area contributed by atoms with Gasteiger partial charge in [-0.2, -0.15) is 0 Å². The molecule has 5 nitrogen and oxygen atoms in total. The molecule has 1 aromatic rings. The highest BCUT2D eigenvalue weighted by atomic mass is 16.3. The number of nitrogens with one attached hydrogen (secondary N) is 1. The molecule has 20 heavy (non-hydrogen) atoms. The summed E-state index contributed by atoms with van der Waals surface area (Å²) in [5.74, 6) is -0.0687. The van der Waals surface area contributed by atoms with Gasteiger partial charge >= 0.3 is 0 Å². The molecule has 1 saturated heterocycles. The lowest BCUT2D eigenvalue weighted by Crippen LogP contribution is -2.45. The summed E-state index contributed by atoms with van der Waals surface area (Å²) in [5.41, 5.74) is 0.740. The third-order valence-electron chi connectivity index (χ3n) is 3.84. The molecule has 1 heterocycles. The van der Waals surface area contributed by atoms with Gasteiger partial charge in [0.25, 0.3) is 0 Å². The topological polar surface area (TPSA) is 59.0 Å². The number of benzene rings is 1. The molecule has 0 bridgehead atoms. The fraction of sp³-hybridized carbons (Fsp3) is 0.600. The number of nitrogens with zero attached hydrogens (tertiary/aromatic N) is 2. The Bertz CT molecular complexity index is 418. The van der Waals surface area contributed by atoms with Crippen LogP contribution in [0.5, 0.6) is 11.5 Å². The lowest BCUT2D eigenvalue weighted by molar-refractivity contribution is 0.152. The molecule has 3 N–H and O–H groups in total. The molecule has 0 spiro atoms. The van der Waals surface area contributed by atoms with E-state index in [0.717, 1.165) is 51.3 Å². The summed E-state index contributed by atoms with van der Waals surface area (Å²) < 4.78 is 0. The number of phenolic OH excluding ortho intramolecular Hbond substituents is 2. The van der Waals surface area contributed by atoms with E-state index in [9.17, 15) is 10.2 Å². The number of hydrogen-bond donors (Lipinski definition) is 3. The van der Waals surface area contributed by atoms with Crippen LogP contribution in [0.15, 0.2) is 18.2 Å². The summed E-state index contributed by atoms with van der Waals surface area (Å²) in [7, 11) is 2.17. The van der Waals surface area contributed by atoms with Gasteiger partial charge in [-0.3, -0.25) is 0 Å². The maximum Gasteiger partial charge on any atom is 0.161 e. The van der Waals surface area contributed by atoms with Crippen molar-refractivity contribution < 1.29 is 10.2 Å². The van der Waals surface area contributed by atoms with Gasteiger partial charge in [0.15, 0.2) is 11.5 Å². The van der Waals surface area contributed by atoms with E-state index in [2.05, 4.69) is 22.2 Å². The summed E-state index contributed by atoms with van der Waals surface area (Å²) in [6.45, 7) is 7.25. The Morgan fingerprint density at radius 3 is 2.65 bits per heavy atom. The number of rotatable bonds is 6. The molecule has 1 fully saturated rings. The molecule has 1 aliphatic rings. The molecule has 0 aliphatic carbocycles. The van der Waals surface area contributed by atoms with E-state index in [1.807, 2.05) is 6.07 Å². The molecule has 5 heteroatoms. The normalized spacial score (nSPS) is 17.4. The lowest BCUT2D eigenvalue weighted by Gasteiger charge is -2.32. The third kappa shape index (κ3) is 4.37. The standard InChI is InChI=1S/C15H25N3O2/c1-17-8-10-18(11-9-17)7-3-6-16-12-13-4-2-5-14(19)15(13)20/h2,4-5,16,19-20H,3,6-12H2,1H3. The van der Waals surface area contributed by atoms with Crippen molar-refractivity contribution in [1.82, 2.24) is 15.1 Å². The van der Waals surface area contributed by atoms with E-state index in [1.54, 1.807) is 6.07 Å². The van der Waals surface area contributed by atoms with Gasteiger partial charge in [-0.1, -0.05) is 12.1 Å². The average molecular weight is 279 g/mol. The van der Waals surface area contributed by atoms with Crippen LogP contribution in [0.2, 0.25) is 0 Å². The SMILES string of the molecule is CN1CCN(CCCNCc2cccc(O)c2O)CC1. The van der Waals surface area contributed by atoms with Crippen LogP contribution < -0.4 is 5.32 Å². The van der Waals surface area contributed by atoms with Crippen molar-refractivity contribution >= 4 is 0 Å². The fourth-order valence-electron chi connectivity index (χ4n) is 2.44. The van der Waals surface area contributed by atoms with Gasteiger partial charge < -0.3 is 25.3 Å². The van der Waals surface area contributed by atoms with Crippen LogP contribution in [0.3, 0.4) is 0 Å². The predicted octanol–water partition coefficient (Wildman–Crippen LogP) is 0.825. The molecular weight excluding hydrogens is 254 g/mol. The highest BCUT2D eigenvalue weighted by Gasteiger charge is 2.12. The predicted molar refractivity (Wildman–Crippen MR) is 80.0 cm³/mol. The molecule has 0 aromatic heterocycles. The van der Waals surface area contributed by atoms with Crippen LogP contribution in [-0.2, 0) is 6.54 Å². The number of piperazine rings is 1. The Labute approximate surface area is 120 Å². The summed E-state index contributed by atoms with van der Waals surface area (Å²) in [6, 6.07) is 5.06. The zero-order chi connectivity index (χ0) is 14.4. The second-order valence-electron chi connectivity index (χ2n) is 5.46. The van der Waals surface area contributed by atoms with Crippen LogP contribution in [0.25, 0.3) is 0 Å². The van der Waals surface area contributed by atoms with Gasteiger partial charge in [0.2, 0.25) is 0 Å². The van der Waals surface area contributed by atoms with E-state index in [0.29, 0.717) is 6.54 Å². The highest BCUT2D eigenvalue weighted by molar-refractivity contribution is 5.44. The minimum Gasteiger partial charge on any atom is -0.504 e. The zero-order valence-electron chi connectivity index (χ0n) is 12.2. The summed E-state index contributed by atoms with van der Waals surface area (Å²) >= 11 is 0. The fourth-order valence-corrected chi connectivity index (χ4v) is 2.44. The quantitative estimate of drug-likeness (QED) is 0.532. The monoisotopic (exact) mass is 279 g/mol. The third-order valence-corrected chi connectivity index (χ3v) is 3.84. The molecule has 0 saturated carbocycles. The van der Waals surface area contributed by atoms with Gasteiger partial charge in [0.1, 0.15) is 0 Å². The Kier molecular flexibility index (Phi) is 5.64. The van der Waals surface area contributed by atoms with Crippen molar-refractivity contribution in [3.8, 4) is 11.5 Å². The average Bonchev–Trinajstić information content (AvgIpc) is 2.45. The van der Waals surface area contributed by atoms with Crippen LogP contribution >= 0.6 is 0 Å². The van der Waals surface area contributed by atoms with Gasteiger partial charge in [-0.05, 0) is 32.6 Å².